The van der Waals surface area contributed by atoms with Crippen molar-refractivity contribution in [2.45, 2.75) is 6.92 Å². The summed E-state index contributed by atoms with van der Waals surface area (Å²) < 4.78 is 29.2. The van der Waals surface area contributed by atoms with E-state index in [0.717, 1.165) is 20.8 Å². The molecule has 1 heterocycles. The van der Waals surface area contributed by atoms with Crippen molar-refractivity contribution >= 4 is 48.3 Å². The van der Waals surface area contributed by atoms with Crippen molar-refractivity contribution in [3.63, 3.8) is 0 Å². The van der Waals surface area contributed by atoms with Crippen LogP contribution in [0.4, 0.5) is 19.6 Å². The molecule has 20 heavy (non-hydrogen) atoms. The highest BCUT2D eigenvalue weighted by molar-refractivity contribution is 9.10. The first kappa shape index (κ1) is 13.5. The summed E-state index contributed by atoms with van der Waals surface area (Å²) >= 11 is 4.76. The lowest BCUT2D eigenvalue weighted by Gasteiger charge is -2.05. The van der Waals surface area contributed by atoms with Gasteiger partial charge in [0.05, 0.1) is 15.9 Å². The standard InChI is InChI=1S/C14H9BrF2N2S/c1-7-4-10(17)11(6-9(7)16)18-14-19-12-5-8(15)2-3-13(12)20-14/h2-6H,1H3,(H,18,19). The van der Waals surface area contributed by atoms with Crippen molar-refractivity contribution in [2.24, 2.45) is 0 Å². The molecule has 3 aromatic rings. The molecule has 6 heteroatoms. The highest BCUT2D eigenvalue weighted by Crippen LogP contribution is 2.31. The SMILES string of the molecule is Cc1cc(F)c(Nc2nc3cc(Br)ccc3s2)cc1F. The lowest BCUT2D eigenvalue weighted by molar-refractivity contribution is 0.595. The number of aromatic nitrogens is 1. The van der Waals surface area contributed by atoms with E-state index in [1.165, 1.54) is 24.3 Å². The van der Waals surface area contributed by atoms with Gasteiger partial charge in [-0.25, -0.2) is 13.8 Å². The molecular formula is C14H9BrF2N2S. The van der Waals surface area contributed by atoms with Crippen LogP contribution < -0.4 is 5.32 Å². The molecule has 0 saturated heterocycles. The van der Waals surface area contributed by atoms with Crippen LogP contribution in [0.1, 0.15) is 5.56 Å². The molecular weight excluding hydrogens is 346 g/mol. The van der Waals surface area contributed by atoms with E-state index in [9.17, 15) is 8.78 Å². The average Bonchev–Trinajstić information content (AvgIpc) is 2.77. The average molecular weight is 355 g/mol. The van der Waals surface area contributed by atoms with Crippen LogP contribution in [-0.2, 0) is 0 Å². The Morgan fingerprint density at radius 1 is 1.15 bits per heavy atom. The maximum atomic E-state index is 13.8. The molecule has 0 aliphatic heterocycles. The predicted molar refractivity (Wildman–Crippen MR) is 81.7 cm³/mol. The minimum atomic E-state index is -0.496. The Labute approximate surface area is 126 Å². The molecule has 0 fully saturated rings. The zero-order valence-electron chi connectivity index (χ0n) is 10.4. The Kier molecular flexibility index (Phi) is 3.43. The number of aryl methyl sites for hydroxylation is 1. The number of thiazole rings is 1. The number of fused-ring (bicyclic) bond motifs is 1. The molecule has 0 radical (unpaired) electrons. The van der Waals surface area contributed by atoms with Crippen molar-refractivity contribution in [2.75, 3.05) is 5.32 Å². The minimum absolute atomic E-state index is 0.0891. The summed E-state index contributed by atoms with van der Waals surface area (Å²) in [6.45, 7) is 1.53. The number of benzene rings is 2. The van der Waals surface area contributed by atoms with Gasteiger partial charge in [0.2, 0.25) is 0 Å². The van der Waals surface area contributed by atoms with E-state index in [2.05, 4.69) is 26.2 Å². The van der Waals surface area contributed by atoms with Crippen molar-refractivity contribution in [1.29, 1.82) is 0 Å². The van der Waals surface area contributed by atoms with E-state index >= 15 is 0 Å². The molecule has 3 rings (SSSR count). The van der Waals surface area contributed by atoms with Gasteiger partial charge in [-0.2, -0.15) is 0 Å². The van der Waals surface area contributed by atoms with Crippen molar-refractivity contribution in [3.8, 4) is 0 Å². The topological polar surface area (TPSA) is 24.9 Å². The number of rotatable bonds is 2. The first-order valence-electron chi connectivity index (χ1n) is 5.82. The van der Waals surface area contributed by atoms with Gasteiger partial charge in [-0.15, -0.1) is 0 Å². The Morgan fingerprint density at radius 3 is 2.75 bits per heavy atom. The van der Waals surface area contributed by atoms with Crippen LogP contribution in [0, 0.1) is 18.6 Å². The highest BCUT2D eigenvalue weighted by atomic mass is 79.9. The largest absolute Gasteiger partial charge is 0.329 e. The quantitative estimate of drug-likeness (QED) is 0.667. The number of nitrogens with one attached hydrogen (secondary N) is 1. The summed E-state index contributed by atoms with van der Waals surface area (Å²) in [5.41, 5.74) is 1.17. The fourth-order valence-electron chi connectivity index (χ4n) is 1.81. The number of nitrogens with zero attached hydrogens (tertiary/aromatic N) is 1. The van der Waals surface area contributed by atoms with E-state index in [-0.39, 0.29) is 11.3 Å². The van der Waals surface area contributed by atoms with Gasteiger partial charge in [0.1, 0.15) is 11.6 Å². The molecule has 1 aromatic heterocycles. The van der Waals surface area contributed by atoms with Crippen LogP contribution in [-0.4, -0.2) is 4.98 Å². The molecule has 0 atom stereocenters. The zero-order chi connectivity index (χ0) is 14.3. The maximum Gasteiger partial charge on any atom is 0.188 e. The maximum absolute atomic E-state index is 13.8. The van der Waals surface area contributed by atoms with Crippen LogP contribution in [0.5, 0.6) is 0 Å². The molecule has 102 valence electrons. The monoisotopic (exact) mass is 354 g/mol. The normalized spacial score (nSPS) is 11.0. The number of anilines is 2. The molecule has 2 aromatic carbocycles. The molecule has 0 spiro atoms. The smallest absolute Gasteiger partial charge is 0.188 e. The van der Waals surface area contributed by atoms with Gasteiger partial charge in [-0.3, -0.25) is 0 Å². The lowest BCUT2D eigenvalue weighted by atomic mass is 10.2. The molecule has 0 aliphatic rings. The van der Waals surface area contributed by atoms with Crippen molar-refractivity contribution < 1.29 is 8.78 Å². The van der Waals surface area contributed by atoms with E-state index < -0.39 is 11.6 Å². The summed E-state index contributed by atoms with van der Waals surface area (Å²) in [6, 6.07) is 8.03. The van der Waals surface area contributed by atoms with Crippen LogP contribution in [0.25, 0.3) is 10.2 Å². The van der Waals surface area contributed by atoms with Crippen molar-refractivity contribution in [1.82, 2.24) is 4.98 Å². The third-order valence-corrected chi connectivity index (χ3v) is 4.28. The Bertz CT molecular complexity index is 801. The van der Waals surface area contributed by atoms with Gasteiger partial charge in [0, 0.05) is 10.5 Å². The first-order chi connectivity index (χ1) is 9.52. The Hall–Kier alpha value is -1.53. The van der Waals surface area contributed by atoms with Crippen molar-refractivity contribution in [3.05, 3.63) is 52.0 Å². The van der Waals surface area contributed by atoms with E-state index in [0.29, 0.717) is 5.13 Å². The Balaban J connectivity index is 1.99. The molecule has 0 amide bonds. The van der Waals surface area contributed by atoms with Gasteiger partial charge in [-0.1, -0.05) is 27.3 Å². The van der Waals surface area contributed by atoms with Gasteiger partial charge in [0.25, 0.3) is 0 Å². The van der Waals surface area contributed by atoms with E-state index in [1.807, 2.05) is 18.2 Å². The summed E-state index contributed by atoms with van der Waals surface area (Å²) in [5.74, 6) is -0.943. The summed E-state index contributed by atoms with van der Waals surface area (Å²) in [7, 11) is 0. The lowest BCUT2D eigenvalue weighted by Crippen LogP contribution is -1.96. The first-order valence-corrected chi connectivity index (χ1v) is 7.42. The fraction of sp³-hybridized carbons (Fsp3) is 0.0714. The van der Waals surface area contributed by atoms with Crippen LogP contribution >= 0.6 is 27.3 Å². The molecule has 0 unspecified atom stereocenters. The number of hydrogen-bond acceptors (Lipinski definition) is 3. The van der Waals surface area contributed by atoms with Crippen LogP contribution in [0.3, 0.4) is 0 Å². The van der Waals surface area contributed by atoms with E-state index in [4.69, 9.17) is 0 Å². The second kappa shape index (κ2) is 5.10. The van der Waals surface area contributed by atoms with Gasteiger partial charge < -0.3 is 5.32 Å². The summed E-state index contributed by atoms with van der Waals surface area (Å²) in [4.78, 5) is 4.35. The minimum Gasteiger partial charge on any atom is -0.329 e. The molecule has 2 nitrogen and oxygen atoms in total. The fourth-order valence-corrected chi connectivity index (χ4v) is 3.02. The van der Waals surface area contributed by atoms with Gasteiger partial charge >= 0.3 is 0 Å². The molecule has 1 N–H and O–H groups in total. The number of hydrogen-bond donors (Lipinski definition) is 1. The second-order valence-corrected chi connectivity index (χ2v) is 6.28. The van der Waals surface area contributed by atoms with Crippen LogP contribution in [0.15, 0.2) is 34.8 Å². The Morgan fingerprint density at radius 2 is 1.95 bits per heavy atom. The molecule has 0 bridgehead atoms. The van der Waals surface area contributed by atoms with E-state index in [1.54, 1.807) is 0 Å². The van der Waals surface area contributed by atoms with Gasteiger partial charge in [-0.05, 0) is 36.8 Å². The zero-order valence-corrected chi connectivity index (χ0v) is 12.8. The second-order valence-electron chi connectivity index (χ2n) is 4.34. The third-order valence-electron chi connectivity index (χ3n) is 2.84. The summed E-state index contributed by atoms with van der Waals surface area (Å²) in [5, 5.41) is 3.35. The molecule has 0 saturated carbocycles. The molecule has 0 aliphatic carbocycles. The van der Waals surface area contributed by atoms with Gasteiger partial charge in [0.15, 0.2) is 5.13 Å². The highest BCUT2D eigenvalue weighted by Gasteiger charge is 2.10. The predicted octanol–water partition coefficient (Wildman–Crippen LogP) is 5.39. The number of halogens is 3. The summed E-state index contributed by atoms with van der Waals surface area (Å²) in [6.07, 6.45) is 0. The third kappa shape index (κ3) is 2.53. The van der Waals surface area contributed by atoms with Crippen LogP contribution in [0.2, 0.25) is 0 Å².